The molecule has 1 aliphatic heterocycles. The number of rotatable bonds is 11. The molecule has 0 aliphatic carbocycles. The van der Waals surface area contributed by atoms with Crippen LogP contribution in [0.4, 0.5) is 0 Å². The van der Waals surface area contributed by atoms with Crippen LogP contribution in [0.15, 0.2) is 23.3 Å². The van der Waals surface area contributed by atoms with Gasteiger partial charge in [-0.05, 0) is 59.8 Å². The molecule has 0 radical (unpaired) electrons. The molecule has 0 aromatic rings. The fourth-order valence-corrected chi connectivity index (χ4v) is 2.75. The van der Waals surface area contributed by atoms with Crippen LogP contribution in [0.1, 0.15) is 73.1 Å². The summed E-state index contributed by atoms with van der Waals surface area (Å²) in [5.74, 6) is -0.664. The fraction of sp³-hybridized carbons (Fsp3) is 0.714. The van der Waals surface area contributed by atoms with Gasteiger partial charge < -0.3 is 9.47 Å². The molecule has 142 valence electrons. The molecule has 25 heavy (non-hydrogen) atoms. The van der Waals surface area contributed by atoms with Gasteiger partial charge in [0.15, 0.2) is 0 Å². The maximum absolute atomic E-state index is 11.9. The number of hydrogen-bond donors (Lipinski definition) is 0. The Morgan fingerprint density at radius 2 is 1.76 bits per heavy atom. The molecular weight excluding hydrogens is 316 g/mol. The summed E-state index contributed by atoms with van der Waals surface area (Å²) >= 11 is 0. The quantitative estimate of drug-likeness (QED) is 0.233. The van der Waals surface area contributed by atoms with Crippen molar-refractivity contribution in [2.24, 2.45) is 5.92 Å². The highest BCUT2D eigenvalue weighted by Gasteiger charge is 2.46. The van der Waals surface area contributed by atoms with E-state index in [1.54, 1.807) is 0 Å². The van der Waals surface area contributed by atoms with E-state index < -0.39 is 5.97 Å². The average molecular weight is 350 g/mol. The smallest absolute Gasteiger partial charge is 0.313 e. The first-order valence-electron chi connectivity index (χ1n) is 9.24. The van der Waals surface area contributed by atoms with Crippen LogP contribution in [-0.4, -0.2) is 30.6 Å². The minimum Gasteiger partial charge on any atom is -0.469 e. The molecule has 0 saturated carbocycles. The van der Waals surface area contributed by atoms with Crippen LogP contribution >= 0.6 is 0 Å². The molecule has 2 atom stereocenters. The van der Waals surface area contributed by atoms with Gasteiger partial charge in [0.25, 0.3) is 0 Å². The van der Waals surface area contributed by atoms with Gasteiger partial charge in [0.05, 0.1) is 18.8 Å². The van der Waals surface area contributed by atoms with Crippen molar-refractivity contribution in [2.45, 2.75) is 84.8 Å². The molecule has 1 aliphatic rings. The van der Waals surface area contributed by atoms with E-state index in [0.717, 1.165) is 25.7 Å². The van der Waals surface area contributed by atoms with Crippen molar-refractivity contribution >= 4 is 11.8 Å². The highest BCUT2D eigenvalue weighted by molar-refractivity contribution is 5.96. The molecular formula is C21H34O4. The van der Waals surface area contributed by atoms with Crippen molar-refractivity contribution in [3.05, 3.63) is 23.3 Å². The number of hydrogen-bond acceptors (Lipinski definition) is 4. The van der Waals surface area contributed by atoms with Crippen LogP contribution in [0.2, 0.25) is 0 Å². The zero-order valence-electron chi connectivity index (χ0n) is 16.7. The van der Waals surface area contributed by atoms with Crippen LogP contribution in [-0.2, 0) is 19.1 Å². The van der Waals surface area contributed by atoms with E-state index in [1.165, 1.54) is 18.3 Å². The molecule has 1 saturated heterocycles. The van der Waals surface area contributed by atoms with Crippen molar-refractivity contribution < 1.29 is 19.1 Å². The zero-order valence-corrected chi connectivity index (χ0v) is 16.7. The number of carbonyl (C=O) groups excluding carboxylic acids is 2. The summed E-state index contributed by atoms with van der Waals surface area (Å²) in [6.45, 7) is 10.4. The van der Waals surface area contributed by atoms with E-state index >= 15 is 0 Å². The van der Waals surface area contributed by atoms with Crippen LogP contribution < -0.4 is 0 Å². The largest absolute Gasteiger partial charge is 0.469 e. The molecule has 4 heteroatoms. The summed E-state index contributed by atoms with van der Waals surface area (Å²) in [6.07, 6.45) is 9.60. The lowest BCUT2D eigenvalue weighted by atomic mass is 9.97. The molecule has 4 nitrogen and oxygen atoms in total. The highest BCUT2D eigenvalue weighted by Crippen LogP contribution is 2.38. The van der Waals surface area contributed by atoms with Gasteiger partial charge >= 0.3 is 5.97 Å². The Bertz CT molecular complexity index is 528. The Hall–Kier alpha value is -1.42. The van der Waals surface area contributed by atoms with E-state index in [-0.39, 0.29) is 23.7 Å². The molecule has 1 fully saturated rings. The van der Waals surface area contributed by atoms with Gasteiger partial charge in [-0.25, -0.2) is 0 Å². The Morgan fingerprint density at radius 3 is 2.32 bits per heavy atom. The van der Waals surface area contributed by atoms with Gasteiger partial charge in [-0.1, -0.05) is 30.2 Å². The first-order valence-corrected chi connectivity index (χ1v) is 9.24. The van der Waals surface area contributed by atoms with Gasteiger partial charge in [-0.15, -0.1) is 0 Å². The topological polar surface area (TPSA) is 55.9 Å². The first kappa shape index (κ1) is 21.6. The van der Waals surface area contributed by atoms with Crippen LogP contribution in [0, 0.1) is 5.92 Å². The molecule has 0 aromatic heterocycles. The normalized spacial score (nSPS) is 21.0. The summed E-state index contributed by atoms with van der Waals surface area (Å²) in [6, 6.07) is 0. The number of allylic oxidation sites excluding steroid dienone is 4. The summed E-state index contributed by atoms with van der Waals surface area (Å²) in [4.78, 5) is 23.0. The number of epoxide rings is 1. The molecule has 1 unspecified atom stereocenters. The van der Waals surface area contributed by atoms with E-state index in [1.807, 2.05) is 6.92 Å². The minimum atomic E-state index is -0.460. The van der Waals surface area contributed by atoms with Gasteiger partial charge in [0, 0.05) is 5.92 Å². The van der Waals surface area contributed by atoms with Gasteiger partial charge in [0.1, 0.15) is 12.2 Å². The summed E-state index contributed by atoms with van der Waals surface area (Å²) in [5.41, 5.74) is 2.79. The van der Waals surface area contributed by atoms with Crippen molar-refractivity contribution in [2.75, 3.05) is 7.11 Å². The average Bonchev–Trinajstić information content (AvgIpc) is 3.17. The monoisotopic (exact) mass is 350 g/mol. The van der Waals surface area contributed by atoms with Crippen molar-refractivity contribution in [3.63, 3.8) is 0 Å². The number of esters is 1. The lowest BCUT2D eigenvalue weighted by molar-refractivity contribution is -0.144. The lowest BCUT2D eigenvalue weighted by Crippen LogP contribution is -2.16. The Kier molecular flexibility index (Phi) is 8.57. The molecule has 1 rings (SSSR count). The molecule has 0 bridgehead atoms. The number of Topliss-reactive ketones (excluding diaryl/α,β-unsaturated/α-hetero) is 1. The standard InChI is InChI=1S/C21H34O4/c1-15(10-12-17(3)18(22)14-20(23)24-6)8-7-9-16(2)11-13-19-21(4,5)25-19/h9-10,17,19H,7-8,11-14H2,1-6H3/b15-10+,16-9+/t17?,19-/m1/s1. The molecule has 1 heterocycles. The SMILES string of the molecule is COC(=O)CC(=O)C(C)C/C=C(\C)CC/C=C(\C)CC[C@H]1OC1(C)C. The Balaban J connectivity index is 2.24. The molecule has 0 aromatic carbocycles. The Labute approximate surface area is 152 Å². The third-order valence-electron chi connectivity index (χ3n) is 4.91. The van der Waals surface area contributed by atoms with Gasteiger partial charge in [0.2, 0.25) is 0 Å². The third kappa shape index (κ3) is 8.48. The van der Waals surface area contributed by atoms with E-state index in [4.69, 9.17) is 4.74 Å². The second-order valence-corrected chi connectivity index (χ2v) is 7.74. The van der Waals surface area contributed by atoms with Gasteiger partial charge in [-0.2, -0.15) is 0 Å². The van der Waals surface area contributed by atoms with Crippen LogP contribution in [0.25, 0.3) is 0 Å². The van der Waals surface area contributed by atoms with Gasteiger partial charge in [-0.3, -0.25) is 9.59 Å². The van der Waals surface area contributed by atoms with Crippen molar-refractivity contribution in [3.8, 4) is 0 Å². The second kappa shape index (κ2) is 9.91. The zero-order chi connectivity index (χ0) is 19.0. The van der Waals surface area contributed by atoms with E-state index in [9.17, 15) is 9.59 Å². The second-order valence-electron chi connectivity index (χ2n) is 7.74. The number of carbonyl (C=O) groups is 2. The van der Waals surface area contributed by atoms with Crippen LogP contribution in [0.3, 0.4) is 0 Å². The number of ketones is 1. The summed E-state index contributed by atoms with van der Waals surface area (Å²) < 4.78 is 10.1. The van der Waals surface area contributed by atoms with E-state index in [0.29, 0.717) is 12.5 Å². The van der Waals surface area contributed by atoms with E-state index in [2.05, 4.69) is 44.6 Å². The number of ether oxygens (including phenoxy) is 2. The predicted octanol–water partition coefficient (Wildman–Crippen LogP) is 4.78. The lowest BCUT2D eigenvalue weighted by Gasteiger charge is -2.08. The molecule has 0 amide bonds. The summed E-state index contributed by atoms with van der Waals surface area (Å²) in [7, 11) is 1.30. The van der Waals surface area contributed by atoms with Crippen molar-refractivity contribution in [1.29, 1.82) is 0 Å². The number of methoxy groups -OCH3 is 1. The highest BCUT2D eigenvalue weighted by atomic mass is 16.6. The fourth-order valence-electron chi connectivity index (χ4n) is 2.75. The summed E-state index contributed by atoms with van der Waals surface area (Å²) in [5, 5.41) is 0. The first-order chi connectivity index (χ1) is 11.7. The maximum Gasteiger partial charge on any atom is 0.313 e. The Morgan fingerprint density at radius 1 is 1.16 bits per heavy atom. The minimum absolute atomic E-state index is 0.0585. The third-order valence-corrected chi connectivity index (χ3v) is 4.91. The maximum atomic E-state index is 11.9. The van der Waals surface area contributed by atoms with Crippen LogP contribution in [0.5, 0.6) is 0 Å². The predicted molar refractivity (Wildman–Crippen MR) is 100 cm³/mol. The molecule has 0 N–H and O–H groups in total. The van der Waals surface area contributed by atoms with Crippen molar-refractivity contribution in [1.82, 2.24) is 0 Å². The molecule has 0 spiro atoms.